The van der Waals surface area contributed by atoms with Gasteiger partial charge < -0.3 is 10.8 Å². The van der Waals surface area contributed by atoms with Crippen molar-refractivity contribution in [2.45, 2.75) is 19.8 Å². The number of aliphatic hydroxyl groups excluding tert-OH is 1. The van der Waals surface area contributed by atoms with Crippen LogP contribution in [0.25, 0.3) is 0 Å². The van der Waals surface area contributed by atoms with E-state index >= 15 is 0 Å². The predicted octanol–water partition coefficient (Wildman–Crippen LogP) is 1.40. The fourth-order valence-electron chi connectivity index (χ4n) is 1.36. The van der Waals surface area contributed by atoms with Crippen LogP contribution in [-0.2, 0) is 0 Å². The van der Waals surface area contributed by atoms with Crippen LogP contribution < -0.4 is 5.73 Å². The minimum absolute atomic E-state index is 0.120. The van der Waals surface area contributed by atoms with Gasteiger partial charge in [-0.05, 0) is 25.5 Å². The topological polar surface area (TPSA) is 46.2 Å². The highest BCUT2D eigenvalue weighted by atomic mass is 32.1. The van der Waals surface area contributed by atoms with Crippen LogP contribution >= 0.6 is 11.3 Å². The number of rotatable bonds is 3. The lowest BCUT2D eigenvalue weighted by atomic mass is 10.0. The molecule has 0 fully saturated rings. The Labute approximate surface area is 77.0 Å². The molecule has 0 aliphatic heterocycles. The van der Waals surface area contributed by atoms with Crippen molar-refractivity contribution in [3.05, 3.63) is 21.4 Å². The first kappa shape index (κ1) is 9.71. The second-order valence-corrected chi connectivity index (χ2v) is 4.44. The Hall–Kier alpha value is -0.380. The molecular formula is C9H15NOS. The molecule has 0 aliphatic carbocycles. The first-order valence-corrected chi connectivity index (χ1v) is 4.88. The van der Waals surface area contributed by atoms with E-state index in [0.29, 0.717) is 6.54 Å². The molecule has 3 heteroatoms. The maximum absolute atomic E-state index is 9.04. The summed E-state index contributed by atoms with van der Waals surface area (Å²) >= 11 is 1.76. The van der Waals surface area contributed by atoms with E-state index in [4.69, 9.17) is 10.8 Å². The van der Waals surface area contributed by atoms with Crippen molar-refractivity contribution < 1.29 is 5.11 Å². The van der Waals surface area contributed by atoms with E-state index in [1.54, 1.807) is 11.3 Å². The van der Waals surface area contributed by atoms with Gasteiger partial charge in [-0.1, -0.05) is 0 Å². The van der Waals surface area contributed by atoms with Crippen molar-refractivity contribution in [2.24, 2.45) is 5.73 Å². The number of nitrogens with two attached hydrogens (primary N) is 1. The molecule has 68 valence electrons. The van der Waals surface area contributed by atoms with Gasteiger partial charge in [0.25, 0.3) is 0 Å². The highest BCUT2D eigenvalue weighted by molar-refractivity contribution is 7.12. The highest BCUT2D eigenvalue weighted by Gasteiger charge is 2.12. The molecule has 0 saturated carbocycles. The summed E-state index contributed by atoms with van der Waals surface area (Å²) in [6.45, 7) is 4.82. The van der Waals surface area contributed by atoms with Crippen LogP contribution in [0.15, 0.2) is 6.07 Å². The Morgan fingerprint density at radius 3 is 2.58 bits per heavy atom. The normalized spacial score (nSPS) is 13.3. The summed E-state index contributed by atoms with van der Waals surface area (Å²) < 4.78 is 0. The van der Waals surface area contributed by atoms with E-state index in [2.05, 4.69) is 19.9 Å². The summed E-state index contributed by atoms with van der Waals surface area (Å²) in [4.78, 5) is 2.56. The SMILES string of the molecule is Cc1cc(C(CN)CO)c(C)s1. The third-order valence-electron chi connectivity index (χ3n) is 2.02. The maximum atomic E-state index is 9.04. The van der Waals surface area contributed by atoms with Gasteiger partial charge in [-0.15, -0.1) is 11.3 Å². The van der Waals surface area contributed by atoms with Crippen LogP contribution in [0.3, 0.4) is 0 Å². The summed E-state index contributed by atoms with van der Waals surface area (Å²) in [5.41, 5.74) is 6.75. The minimum Gasteiger partial charge on any atom is -0.396 e. The molecule has 3 N–H and O–H groups in total. The van der Waals surface area contributed by atoms with Gasteiger partial charge in [0.05, 0.1) is 6.61 Å². The van der Waals surface area contributed by atoms with Gasteiger partial charge in [0.2, 0.25) is 0 Å². The number of hydrogen-bond acceptors (Lipinski definition) is 3. The fraction of sp³-hybridized carbons (Fsp3) is 0.556. The molecule has 0 aliphatic rings. The quantitative estimate of drug-likeness (QED) is 0.747. The summed E-state index contributed by atoms with van der Waals surface area (Å²) in [5, 5.41) is 9.04. The zero-order valence-electron chi connectivity index (χ0n) is 7.50. The Morgan fingerprint density at radius 1 is 1.58 bits per heavy atom. The van der Waals surface area contributed by atoms with Gasteiger partial charge >= 0.3 is 0 Å². The molecule has 1 aromatic rings. The zero-order valence-corrected chi connectivity index (χ0v) is 8.32. The van der Waals surface area contributed by atoms with E-state index in [0.717, 1.165) is 0 Å². The second-order valence-electron chi connectivity index (χ2n) is 2.98. The zero-order chi connectivity index (χ0) is 9.14. The first-order valence-electron chi connectivity index (χ1n) is 4.07. The lowest BCUT2D eigenvalue weighted by Crippen LogP contribution is -2.16. The first-order chi connectivity index (χ1) is 5.69. The molecule has 1 aromatic heterocycles. The molecule has 1 atom stereocenters. The molecule has 12 heavy (non-hydrogen) atoms. The molecule has 0 bridgehead atoms. The molecular weight excluding hydrogens is 170 g/mol. The minimum atomic E-state index is 0.120. The molecule has 1 heterocycles. The molecule has 0 spiro atoms. The Morgan fingerprint density at radius 2 is 2.25 bits per heavy atom. The molecule has 0 amide bonds. The average molecular weight is 185 g/mol. The van der Waals surface area contributed by atoms with Gasteiger partial charge in [-0.3, -0.25) is 0 Å². The van der Waals surface area contributed by atoms with Gasteiger partial charge in [-0.25, -0.2) is 0 Å². The third-order valence-corrected chi connectivity index (χ3v) is 3.01. The third kappa shape index (κ3) is 1.86. The second kappa shape index (κ2) is 4.03. The van der Waals surface area contributed by atoms with Crippen molar-refractivity contribution in [3.8, 4) is 0 Å². The van der Waals surface area contributed by atoms with Crippen molar-refractivity contribution in [2.75, 3.05) is 13.2 Å². The van der Waals surface area contributed by atoms with Gasteiger partial charge in [0, 0.05) is 22.2 Å². The summed E-state index contributed by atoms with van der Waals surface area (Å²) in [6, 6.07) is 2.12. The smallest absolute Gasteiger partial charge is 0.0512 e. The fourth-order valence-corrected chi connectivity index (χ4v) is 2.37. The molecule has 0 aromatic carbocycles. The summed E-state index contributed by atoms with van der Waals surface area (Å²) in [6.07, 6.45) is 0. The lowest BCUT2D eigenvalue weighted by molar-refractivity contribution is 0.267. The van der Waals surface area contributed by atoms with E-state index in [1.165, 1.54) is 15.3 Å². The van der Waals surface area contributed by atoms with Crippen molar-refractivity contribution in [3.63, 3.8) is 0 Å². The average Bonchev–Trinajstić information content (AvgIpc) is 2.34. The molecule has 1 rings (SSSR count). The Bertz CT molecular complexity index is 253. The molecule has 0 radical (unpaired) electrons. The van der Waals surface area contributed by atoms with Crippen molar-refractivity contribution >= 4 is 11.3 Å². The van der Waals surface area contributed by atoms with Gasteiger partial charge in [0.15, 0.2) is 0 Å². The summed E-state index contributed by atoms with van der Waals surface area (Å²) in [5.74, 6) is 0.120. The van der Waals surface area contributed by atoms with Crippen molar-refractivity contribution in [1.29, 1.82) is 0 Å². The largest absolute Gasteiger partial charge is 0.396 e. The predicted molar refractivity (Wildman–Crippen MR) is 52.7 cm³/mol. The van der Waals surface area contributed by atoms with E-state index in [9.17, 15) is 0 Å². The molecule has 1 unspecified atom stereocenters. The molecule has 0 saturated heterocycles. The van der Waals surface area contributed by atoms with Crippen LogP contribution in [-0.4, -0.2) is 18.3 Å². The van der Waals surface area contributed by atoms with E-state index in [1.807, 2.05) is 0 Å². The monoisotopic (exact) mass is 185 g/mol. The van der Waals surface area contributed by atoms with Crippen molar-refractivity contribution in [1.82, 2.24) is 0 Å². The van der Waals surface area contributed by atoms with Crippen LogP contribution in [0.2, 0.25) is 0 Å². The van der Waals surface area contributed by atoms with Crippen LogP contribution in [0.5, 0.6) is 0 Å². The van der Waals surface area contributed by atoms with Gasteiger partial charge in [0.1, 0.15) is 0 Å². The van der Waals surface area contributed by atoms with Crippen LogP contribution in [0, 0.1) is 13.8 Å². The number of aliphatic hydroxyl groups is 1. The van der Waals surface area contributed by atoms with Crippen LogP contribution in [0.1, 0.15) is 21.2 Å². The Balaban J connectivity index is 2.91. The number of aryl methyl sites for hydroxylation is 2. The standard InChI is InChI=1S/C9H15NOS/c1-6-3-9(7(2)12-6)8(4-10)5-11/h3,8,11H,4-5,10H2,1-2H3. The van der Waals surface area contributed by atoms with Gasteiger partial charge in [-0.2, -0.15) is 0 Å². The number of hydrogen-bond donors (Lipinski definition) is 2. The van der Waals surface area contributed by atoms with E-state index in [-0.39, 0.29) is 12.5 Å². The lowest BCUT2D eigenvalue weighted by Gasteiger charge is -2.10. The number of thiophene rings is 1. The van der Waals surface area contributed by atoms with E-state index < -0.39 is 0 Å². The summed E-state index contributed by atoms with van der Waals surface area (Å²) in [7, 11) is 0. The molecule has 2 nitrogen and oxygen atoms in total. The highest BCUT2D eigenvalue weighted by Crippen LogP contribution is 2.26. The Kier molecular flexibility index (Phi) is 3.26. The van der Waals surface area contributed by atoms with Crippen LogP contribution in [0.4, 0.5) is 0 Å². The maximum Gasteiger partial charge on any atom is 0.0512 e.